The topological polar surface area (TPSA) is 60.2 Å². The maximum absolute atomic E-state index is 11.8. The third kappa shape index (κ3) is 4.31. The first-order valence-corrected chi connectivity index (χ1v) is 6.72. The largest absolute Gasteiger partial charge is 0.461 e. The first-order valence-electron chi connectivity index (χ1n) is 6.72. The van der Waals surface area contributed by atoms with Crippen LogP contribution in [-0.2, 0) is 11.3 Å². The van der Waals surface area contributed by atoms with Crippen LogP contribution in [0, 0.1) is 0 Å². The van der Waals surface area contributed by atoms with Crippen LogP contribution in [0.25, 0.3) is 0 Å². The summed E-state index contributed by atoms with van der Waals surface area (Å²) in [7, 11) is 4.07. The first-order chi connectivity index (χ1) is 8.97. The molecule has 0 saturated heterocycles. The minimum atomic E-state index is -0.384. The van der Waals surface area contributed by atoms with Crippen LogP contribution in [0.5, 0.6) is 0 Å². The average molecular weight is 268 g/mol. The van der Waals surface area contributed by atoms with Crippen LogP contribution in [0.15, 0.2) is 0 Å². The highest BCUT2D eigenvalue weighted by molar-refractivity contribution is 5.88. The summed E-state index contributed by atoms with van der Waals surface area (Å²) in [5.41, 5.74) is 1.21. The van der Waals surface area contributed by atoms with Gasteiger partial charge in [-0.05, 0) is 39.9 Å². The zero-order valence-corrected chi connectivity index (χ0v) is 12.5. The number of hydrogen-bond donors (Lipinski definition) is 0. The number of nitrogens with zero attached hydrogens (tertiary/aromatic N) is 4. The number of aryl methyl sites for hydroxylation is 1. The van der Waals surface area contributed by atoms with Gasteiger partial charge in [0.05, 0.1) is 12.3 Å². The van der Waals surface area contributed by atoms with Crippen molar-refractivity contribution in [3.63, 3.8) is 0 Å². The Kier molecular flexibility index (Phi) is 5.95. The van der Waals surface area contributed by atoms with Crippen LogP contribution in [0.1, 0.15) is 49.3 Å². The minimum Gasteiger partial charge on any atom is -0.461 e. The Balaban J connectivity index is 2.84. The normalized spacial score (nSPS) is 11.3. The van der Waals surface area contributed by atoms with E-state index in [1.807, 2.05) is 32.6 Å². The molecule has 19 heavy (non-hydrogen) atoms. The summed E-state index contributed by atoms with van der Waals surface area (Å²) in [5.74, 6) is -0.196. The fraction of sp³-hybridized carbons (Fsp3) is 0.769. The van der Waals surface area contributed by atoms with Gasteiger partial charge in [-0.3, -0.25) is 0 Å². The Morgan fingerprint density at radius 1 is 1.42 bits per heavy atom. The number of aromatic nitrogens is 3. The van der Waals surface area contributed by atoms with E-state index in [9.17, 15) is 4.79 Å². The van der Waals surface area contributed by atoms with E-state index in [1.165, 1.54) is 0 Å². The summed E-state index contributed by atoms with van der Waals surface area (Å²) < 4.78 is 6.83. The molecule has 0 aromatic carbocycles. The molecule has 108 valence electrons. The molecule has 0 spiro atoms. The predicted octanol–water partition coefficient (Wildman–Crippen LogP) is 1.53. The maximum atomic E-state index is 11.8. The van der Waals surface area contributed by atoms with Gasteiger partial charge in [-0.25, -0.2) is 9.48 Å². The molecule has 1 aromatic heterocycles. The molecule has 1 heterocycles. The lowest BCUT2D eigenvalue weighted by Gasteiger charge is -2.12. The second-order valence-corrected chi connectivity index (χ2v) is 5.08. The lowest BCUT2D eigenvalue weighted by atomic mass is 10.1. The third-order valence-electron chi connectivity index (χ3n) is 2.76. The predicted molar refractivity (Wildman–Crippen MR) is 73.2 cm³/mol. The second kappa shape index (κ2) is 7.23. The van der Waals surface area contributed by atoms with Crippen LogP contribution >= 0.6 is 0 Å². The Morgan fingerprint density at radius 3 is 2.63 bits per heavy atom. The SMILES string of the molecule is CCOC(=O)c1nnn(CCCN(C)C)c1C(C)C. The molecule has 0 aliphatic heterocycles. The molecule has 0 aliphatic rings. The van der Waals surface area contributed by atoms with E-state index in [0.29, 0.717) is 12.3 Å². The lowest BCUT2D eigenvalue weighted by molar-refractivity contribution is 0.0517. The first kappa shape index (κ1) is 15.6. The molecular formula is C13H24N4O2. The van der Waals surface area contributed by atoms with Crippen molar-refractivity contribution in [2.24, 2.45) is 0 Å². The highest BCUT2D eigenvalue weighted by Crippen LogP contribution is 2.18. The number of esters is 1. The smallest absolute Gasteiger partial charge is 0.360 e. The van der Waals surface area contributed by atoms with Crippen LogP contribution < -0.4 is 0 Å². The van der Waals surface area contributed by atoms with E-state index in [4.69, 9.17) is 4.74 Å². The molecular weight excluding hydrogens is 244 g/mol. The van der Waals surface area contributed by atoms with Gasteiger partial charge >= 0.3 is 5.97 Å². The second-order valence-electron chi connectivity index (χ2n) is 5.08. The summed E-state index contributed by atoms with van der Waals surface area (Å²) in [6.07, 6.45) is 0.971. The highest BCUT2D eigenvalue weighted by Gasteiger charge is 2.22. The summed E-state index contributed by atoms with van der Waals surface area (Å²) in [4.78, 5) is 13.9. The minimum absolute atomic E-state index is 0.189. The molecule has 0 amide bonds. The molecule has 0 saturated carbocycles. The van der Waals surface area contributed by atoms with Gasteiger partial charge in [0.2, 0.25) is 0 Å². The number of rotatable bonds is 7. The van der Waals surface area contributed by atoms with Crippen molar-refractivity contribution in [1.29, 1.82) is 0 Å². The number of carbonyl (C=O) groups excluding carboxylic acids is 1. The van der Waals surface area contributed by atoms with Gasteiger partial charge in [0.1, 0.15) is 0 Å². The molecule has 0 aliphatic carbocycles. The molecule has 1 aromatic rings. The molecule has 0 unspecified atom stereocenters. The van der Waals surface area contributed by atoms with Gasteiger partial charge in [-0.2, -0.15) is 0 Å². The van der Waals surface area contributed by atoms with Crippen LogP contribution in [-0.4, -0.2) is 53.1 Å². The van der Waals surface area contributed by atoms with Crippen molar-refractivity contribution in [2.75, 3.05) is 27.2 Å². The van der Waals surface area contributed by atoms with Gasteiger partial charge in [0.25, 0.3) is 0 Å². The summed E-state index contributed by atoms with van der Waals surface area (Å²) >= 11 is 0. The Bertz CT molecular complexity index is 413. The molecule has 0 radical (unpaired) electrons. The van der Waals surface area contributed by atoms with Gasteiger partial charge in [0, 0.05) is 6.54 Å². The molecule has 0 bridgehead atoms. The fourth-order valence-corrected chi connectivity index (χ4v) is 1.94. The van der Waals surface area contributed by atoms with E-state index < -0.39 is 0 Å². The van der Waals surface area contributed by atoms with E-state index in [-0.39, 0.29) is 11.9 Å². The fourth-order valence-electron chi connectivity index (χ4n) is 1.94. The molecule has 1 rings (SSSR count). The van der Waals surface area contributed by atoms with Crippen molar-refractivity contribution >= 4 is 5.97 Å². The van der Waals surface area contributed by atoms with Crippen molar-refractivity contribution in [3.8, 4) is 0 Å². The standard InChI is InChI=1S/C13H24N4O2/c1-6-19-13(18)11-12(10(2)3)17(15-14-11)9-7-8-16(4)5/h10H,6-9H2,1-5H3. The lowest BCUT2D eigenvalue weighted by Crippen LogP contribution is -2.17. The Hall–Kier alpha value is -1.43. The van der Waals surface area contributed by atoms with Gasteiger partial charge in [0.15, 0.2) is 5.69 Å². The quantitative estimate of drug-likeness (QED) is 0.702. The zero-order valence-electron chi connectivity index (χ0n) is 12.5. The van der Waals surface area contributed by atoms with Crippen LogP contribution in [0.3, 0.4) is 0 Å². The maximum Gasteiger partial charge on any atom is 0.360 e. The number of hydrogen-bond acceptors (Lipinski definition) is 5. The summed E-state index contributed by atoms with van der Waals surface area (Å²) in [6.45, 7) is 7.94. The Labute approximate surface area is 114 Å². The number of ether oxygens (including phenoxy) is 1. The van der Waals surface area contributed by atoms with E-state index in [1.54, 1.807) is 6.92 Å². The molecule has 0 atom stereocenters. The number of carbonyl (C=O) groups is 1. The molecule has 0 fully saturated rings. The van der Waals surface area contributed by atoms with Crippen molar-refractivity contribution < 1.29 is 9.53 Å². The third-order valence-corrected chi connectivity index (χ3v) is 2.76. The average Bonchev–Trinajstić information content (AvgIpc) is 2.73. The Morgan fingerprint density at radius 2 is 2.11 bits per heavy atom. The van der Waals surface area contributed by atoms with E-state index in [0.717, 1.165) is 25.2 Å². The van der Waals surface area contributed by atoms with Gasteiger partial charge in [-0.15, -0.1) is 5.10 Å². The van der Waals surface area contributed by atoms with Crippen LogP contribution in [0.4, 0.5) is 0 Å². The monoisotopic (exact) mass is 268 g/mol. The van der Waals surface area contributed by atoms with Crippen molar-refractivity contribution in [2.45, 2.75) is 39.7 Å². The zero-order chi connectivity index (χ0) is 14.4. The van der Waals surface area contributed by atoms with E-state index >= 15 is 0 Å². The molecule has 0 N–H and O–H groups in total. The van der Waals surface area contributed by atoms with Gasteiger partial charge < -0.3 is 9.64 Å². The summed E-state index contributed by atoms with van der Waals surface area (Å²) in [6, 6.07) is 0. The van der Waals surface area contributed by atoms with Crippen LogP contribution in [0.2, 0.25) is 0 Å². The van der Waals surface area contributed by atoms with Gasteiger partial charge in [-0.1, -0.05) is 19.1 Å². The molecule has 6 heteroatoms. The van der Waals surface area contributed by atoms with Crippen molar-refractivity contribution in [3.05, 3.63) is 11.4 Å². The summed E-state index contributed by atoms with van der Waals surface area (Å²) in [5, 5.41) is 8.06. The van der Waals surface area contributed by atoms with Crippen molar-refractivity contribution in [1.82, 2.24) is 19.9 Å². The molecule has 6 nitrogen and oxygen atoms in total. The van der Waals surface area contributed by atoms with E-state index in [2.05, 4.69) is 15.2 Å². The highest BCUT2D eigenvalue weighted by atomic mass is 16.5.